The van der Waals surface area contributed by atoms with E-state index in [2.05, 4.69) is 4.98 Å². The lowest BCUT2D eigenvalue weighted by atomic mass is 10.1. The molecule has 0 aromatic carbocycles. The summed E-state index contributed by atoms with van der Waals surface area (Å²) < 4.78 is 0. The van der Waals surface area contributed by atoms with Crippen LogP contribution in [0.5, 0.6) is 0 Å². The number of carboxylic acids is 1. The molecule has 1 aliphatic rings. The van der Waals surface area contributed by atoms with Crippen LogP contribution in [0.15, 0.2) is 18.2 Å². The summed E-state index contributed by atoms with van der Waals surface area (Å²) in [6, 6.07) is 4.54. The van der Waals surface area contributed by atoms with Crippen molar-refractivity contribution < 1.29 is 14.7 Å². The third kappa shape index (κ3) is 3.53. The van der Waals surface area contributed by atoms with Gasteiger partial charge in [0.2, 0.25) is 0 Å². The molecule has 2 rings (SSSR count). The molecule has 0 atom stereocenters. The van der Waals surface area contributed by atoms with Crippen molar-refractivity contribution in [3.05, 3.63) is 29.6 Å². The molecule has 0 unspecified atom stereocenters. The van der Waals surface area contributed by atoms with E-state index in [1.54, 1.807) is 17.0 Å². The first kappa shape index (κ1) is 13.5. The quantitative estimate of drug-likeness (QED) is 0.886. The maximum absolute atomic E-state index is 12.3. The minimum atomic E-state index is -1.11. The van der Waals surface area contributed by atoms with Crippen molar-refractivity contribution in [2.45, 2.75) is 32.1 Å². The third-order valence-electron chi connectivity index (χ3n) is 3.33. The zero-order valence-electron chi connectivity index (χ0n) is 10.8. The van der Waals surface area contributed by atoms with Gasteiger partial charge in [0, 0.05) is 13.1 Å². The Bertz CT molecular complexity index is 466. The highest BCUT2D eigenvalue weighted by Crippen LogP contribution is 2.13. The fraction of sp³-hybridized carbons (Fsp3) is 0.500. The fourth-order valence-electron chi connectivity index (χ4n) is 2.29. The highest BCUT2D eigenvalue weighted by molar-refractivity contribution is 5.94. The van der Waals surface area contributed by atoms with Crippen molar-refractivity contribution >= 4 is 11.9 Å². The zero-order chi connectivity index (χ0) is 13.7. The largest absolute Gasteiger partial charge is 0.477 e. The maximum atomic E-state index is 12.3. The summed E-state index contributed by atoms with van der Waals surface area (Å²) in [5.74, 6) is -1.27. The Labute approximate surface area is 112 Å². The van der Waals surface area contributed by atoms with E-state index in [4.69, 9.17) is 5.11 Å². The van der Waals surface area contributed by atoms with Gasteiger partial charge in [0.1, 0.15) is 11.4 Å². The lowest BCUT2D eigenvalue weighted by molar-refractivity contribution is 0.0689. The van der Waals surface area contributed by atoms with E-state index in [9.17, 15) is 9.59 Å². The summed E-state index contributed by atoms with van der Waals surface area (Å²) in [4.78, 5) is 28.9. The number of carbonyl (C=O) groups excluding carboxylic acids is 1. The van der Waals surface area contributed by atoms with Gasteiger partial charge in [0.05, 0.1) is 0 Å². The number of carbonyl (C=O) groups is 2. The molecule has 0 saturated carbocycles. The second-order valence-electron chi connectivity index (χ2n) is 4.77. The van der Waals surface area contributed by atoms with E-state index < -0.39 is 5.97 Å². The van der Waals surface area contributed by atoms with Crippen LogP contribution in [0, 0.1) is 0 Å². The molecule has 1 aliphatic heterocycles. The normalized spacial score (nSPS) is 16.5. The number of likely N-dealkylation sites (tertiary alicyclic amines) is 1. The molecule has 1 aromatic rings. The number of rotatable bonds is 2. The molecule has 102 valence electrons. The standard InChI is InChI=1S/C14H18N2O3/c17-13(16-9-4-2-1-3-5-10-16)11-7-6-8-12(15-11)14(18)19/h6-8H,1-5,9-10H2,(H,18,19). The molecule has 1 saturated heterocycles. The molecule has 0 aliphatic carbocycles. The highest BCUT2D eigenvalue weighted by Gasteiger charge is 2.18. The zero-order valence-corrected chi connectivity index (χ0v) is 10.8. The predicted molar refractivity (Wildman–Crippen MR) is 70.2 cm³/mol. The summed E-state index contributed by atoms with van der Waals surface area (Å²) in [6.45, 7) is 1.47. The molecule has 0 spiro atoms. The molecule has 5 heteroatoms. The maximum Gasteiger partial charge on any atom is 0.354 e. The summed E-state index contributed by atoms with van der Waals surface area (Å²) in [6.07, 6.45) is 5.53. The van der Waals surface area contributed by atoms with Crippen molar-refractivity contribution in [2.75, 3.05) is 13.1 Å². The van der Waals surface area contributed by atoms with Gasteiger partial charge >= 0.3 is 5.97 Å². The summed E-state index contributed by atoms with van der Waals surface area (Å²) in [5.41, 5.74) is 0.137. The molecule has 0 bridgehead atoms. The predicted octanol–water partition coefficient (Wildman–Crippen LogP) is 2.19. The number of carboxylic acid groups (broad SMARTS) is 1. The first-order valence-electron chi connectivity index (χ1n) is 6.68. The van der Waals surface area contributed by atoms with Gasteiger partial charge in [-0.1, -0.05) is 25.3 Å². The van der Waals surface area contributed by atoms with Crippen LogP contribution in [0.1, 0.15) is 53.1 Å². The minimum Gasteiger partial charge on any atom is -0.477 e. The molecule has 1 aromatic heterocycles. The van der Waals surface area contributed by atoms with Gasteiger partial charge in [0.25, 0.3) is 5.91 Å². The number of amides is 1. The molecule has 5 nitrogen and oxygen atoms in total. The molecular formula is C14H18N2O3. The van der Waals surface area contributed by atoms with Crippen molar-refractivity contribution in [1.82, 2.24) is 9.88 Å². The van der Waals surface area contributed by atoms with Gasteiger partial charge in [-0.2, -0.15) is 0 Å². The smallest absolute Gasteiger partial charge is 0.354 e. The van der Waals surface area contributed by atoms with Gasteiger partial charge in [0.15, 0.2) is 0 Å². The summed E-state index contributed by atoms with van der Waals surface area (Å²) in [5, 5.41) is 8.90. The molecule has 19 heavy (non-hydrogen) atoms. The Morgan fingerprint density at radius 3 is 2.21 bits per heavy atom. The number of hydrogen-bond donors (Lipinski definition) is 1. The van der Waals surface area contributed by atoms with Gasteiger partial charge < -0.3 is 10.0 Å². The van der Waals surface area contributed by atoms with E-state index in [0.29, 0.717) is 0 Å². The summed E-state index contributed by atoms with van der Waals surface area (Å²) >= 11 is 0. The Morgan fingerprint density at radius 2 is 1.58 bits per heavy atom. The lowest BCUT2D eigenvalue weighted by Gasteiger charge is -2.24. The SMILES string of the molecule is O=C(O)c1cccc(C(=O)N2CCCCCCC2)n1. The second kappa shape index (κ2) is 6.31. The van der Waals surface area contributed by atoms with Gasteiger partial charge in [-0.25, -0.2) is 9.78 Å². The van der Waals surface area contributed by atoms with Gasteiger partial charge in [-0.15, -0.1) is 0 Å². The van der Waals surface area contributed by atoms with Crippen LogP contribution >= 0.6 is 0 Å². The number of aromatic carboxylic acids is 1. The first-order valence-corrected chi connectivity index (χ1v) is 6.68. The third-order valence-corrected chi connectivity index (χ3v) is 3.33. The molecular weight excluding hydrogens is 244 g/mol. The monoisotopic (exact) mass is 262 g/mol. The van der Waals surface area contributed by atoms with E-state index in [1.165, 1.54) is 12.5 Å². The number of hydrogen-bond acceptors (Lipinski definition) is 3. The van der Waals surface area contributed by atoms with E-state index in [1.807, 2.05) is 0 Å². The summed E-state index contributed by atoms with van der Waals surface area (Å²) in [7, 11) is 0. The fourth-order valence-corrected chi connectivity index (χ4v) is 2.29. The van der Waals surface area contributed by atoms with Crippen LogP contribution in [0.2, 0.25) is 0 Å². The van der Waals surface area contributed by atoms with E-state index in [-0.39, 0.29) is 17.3 Å². The van der Waals surface area contributed by atoms with Crippen molar-refractivity contribution in [3.8, 4) is 0 Å². The second-order valence-corrected chi connectivity index (χ2v) is 4.77. The van der Waals surface area contributed by atoms with Crippen molar-refractivity contribution in [2.24, 2.45) is 0 Å². The molecule has 1 N–H and O–H groups in total. The average molecular weight is 262 g/mol. The number of pyridine rings is 1. The number of nitrogens with zero attached hydrogens (tertiary/aromatic N) is 2. The Kier molecular flexibility index (Phi) is 4.49. The van der Waals surface area contributed by atoms with Crippen LogP contribution in [0.3, 0.4) is 0 Å². The Hall–Kier alpha value is -1.91. The van der Waals surface area contributed by atoms with Crippen LogP contribution in [0.4, 0.5) is 0 Å². The Morgan fingerprint density at radius 1 is 1.00 bits per heavy atom. The highest BCUT2D eigenvalue weighted by atomic mass is 16.4. The van der Waals surface area contributed by atoms with Crippen LogP contribution in [-0.4, -0.2) is 40.0 Å². The minimum absolute atomic E-state index is 0.0853. The van der Waals surface area contributed by atoms with Gasteiger partial charge in [-0.3, -0.25) is 4.79 Å². The van der Waals surface area contributed by atoms with Crippen molar-refractivity contribution in [3.63, 3.8) is 0 Å². The van der Waals surface area contributed by atoms with E-state index >= 15 is 0 Å². The van der Waals surface area contributed by atoms with E-state index in [0.717, 1.165) is 38.8 Å². The van der Waals surface area contributed by atoms with Crippen molar-refractivity contribution in [1.29, 1.82) is 0 Å². The molecule has 1 amide bonds. The molecule has 2 heterocycles. The first-order chi connectivity index (χ1) is 9.18. The molecule has 1 fully saturated rings. The topological polar surface area (TPSA) is 70.5 Å². The lowest BCUT2D eigenvalue weighted by Crippen LogP contribution is -2.34. The van der Waals surface area contributed by atoms with Crippen LogP contribution in [-0.2, 0) is 0 Å². The van der Waals surface area contributed by atoms with Crippen LogP contribution < -0.4 is 0 Å². The van der Waals surface area contributed by atoms with Crippen LogP contribution in [0.25, 0.3) is 0 Å². The number of aromatic nitrogens is 1. The average Bonchev–Trinajstić information content (AvgIpc) is 2.38. The Balaban J connectivity index is 2.13. The molecule has 0 radical (unpaired) electrons. The van der Waals surface area contributed by atoms with Gasteiger partial charge in [-0.05, 0) is 25.0 Å².